The van der Waals surface area contributed by atoms with Crippen molar-refractivity contribution in [2.24, 2.45) is 0 Å². The van der Waals surface area contributed by atoms with Gasteiger partial charge in [-0.25, -0.2) is 9.59 Å². The summed E-state index contributed by atoms with van der Waals surface area (Å²) in [6, 6.07) is 11.0. The van der Waals surface area contributed by atoms with Crippen LogP contribution in [0.15, 0.2) is 36.4 Å². The van der Waals surface area contributed by atoms with Crippen LogP contribution in [0, 0.1) is 6.92 Å². The molecule has 0 saturated carbocycles. The SMILES string of the molecule is Cc1cc(C[C@@H](NC(=O)N2CCC(N3Cc4ccccc4NC3=O)CC2)C(=O)N2CCC(N3CCNCC3)CC2)cc(Cl)c1N. The number of likely N-dealkylation sites (tertiary alicyclic amines) is 2. The number of nitrogens with two attached hydrogens (primary N) is 1. The molecule has 5 amide bonds. The summed E-state index contributed by atoms with van der Waals surface area (Å²) in [5.41, 5.74) is 10.3. The monoisotopic (exact) mass is 636 g/mol. The molecule has 0 bridgehead atoms. The Balaban J connectivity index is 1.09. The first-order valence-electron chi connectivity index (χ1n) is 16.3. The molecule has 0 aliphatic carbocycles. The highest BCUT2D eigenvalue weighted by atomic mass is 35.5. The Morgan fingerprint density at radius 3 is 2.36 bits per heavy atom. The Bertz CT molecular complexity index is 1380. The largest absolute Gasteiger partial charge is 0.397 e. The first kappa shape index (κ1) is 31.4. The number of urea groups is 2. The number of hydrogen-bond acceptors (Lipinski definition) is 6. The number of fused-ring (bicyclic) bond motifs is 1. The Kier molecular flexibility index (Phi) is 9.67. The molecule has 4 aliphatic heterocycles. The van der Waals surface area contributed by atoms with Crippen molar-refractivity contribution in [1.82, 2.24) is 30.2 Å². The average Bonchev–Trinajstić information content (AvgIpc) is 3.06. The Morgan fingerprint density at radius 2 is 1.64 bits per heavy atom. The van der Waals surface area contributed by atoms with Crippen LogP contribution in [-0.2, 0) is 17.8 Å². The molecule has 1 atom stereocenters. The fraction of sp³-hybridized carbons (Fsp3) is 0.545. The first-order chi connectivity index (χ1) is 21.8. The predicted octanol–water partition coefficient (Wildman–Crippen LogP) is 3.26. The molecule has 12 heteroatoms. The van der Waals surface area contributed by atoms with Crippen molar-refractivity contribution in [3.05, 3.63) is 58.1 Å². The normalized spacial score (nSPS) is 20.8. The summed E-state index contributed by atoms with van der Waals surface area (Å²) in [6.45, 7) is 8.91. The quantitative estimate of drug-likeness (QED) is 0.361. The van der Waals surface area contributed by atoms with Crippen LogP contribution < -0.4 is 21.7 Å². The summed E-state index contributed by atoms with van der Waals surface area (Å²) in [5.74, 6) is -0.0637. The van der Waals surface area contributed by atoms with Crippen LogP contribution in [0.2, 0.25) is 5.02 Å². The number of anilines is 2. The molecule has 4 aliphatic rings. The van der Waals surface area contributed by atoms with E-state index >= 15 is 0 Å². The summed E-state index contributed by atoms with van der Waals surface area (Å²) in [6.07, 6.45) is 3.54. The second-order valence-corrected chi connectivity index (χ2v) is 13.2. The van der Waals surface area contributed by atoms with Crippen LogP contribution in [0.1, 0.15) is 42.4 Å². The lowest BCUT2D eigenvalue weighted by molar-refractivity contribution is -0.134. The number of para-hydroxylation sites is 1. The molecule has 4 heterocycles. The first-order valence-corrected chi connectivity index (χ1v) is 16.6. The maximum Gasteiger partial charge on any atom is 0.322 e. The molecule has 11 nitrogen and oxygen atoms in total. The van der Waals surface area contributed by atoms with Crippen LogP contribution in [-0.4, -0.2) is 108 Å². The Morgan fingerprint density at radius 1 is 0.978 bits per heavy atom. The molecule has 0 aromatic heterocycles. The summed E-state index contributed by atoms with van der Waals surface area (Å²) < 4.78 is 0. The van der Waals surface area contributed by atoms with Crippen LogP contribution in [0.5, 0.6) is 0 Å². The number of carbonyl (C=O) groups is 3. The number of nitrogen functional groups attached to an aromatic ring is 1. The molecule has 2 aromatic rings. The van der Waals surface area contributed by atoms with E-state index in [0.29, 0.717) is 68.7 Å². The number of rotatable bonds is 6. The van der Waals surface area contributed by atoms with Crippen LogP contribution in [0.4, 0.5) is 21.0 Å². The molecule has 0 spiro atoms. The minimum atomic E-state index is -0.727. The van der Waals surface area contributed by atoms with Gasteiger partial charge in [-0.15, -0.1) is 0 Å². The van der Waals surface area contributed by atoms with Gasteiger partial charge in [0.25, 0.3) is 0 Å². The van der Waals surface area contributed by atoms with E-state index in [0.717, 1.165) is 61.4 Å². The number of nitrogens with zero attached hydrogens (tertiary/aromatic N) is 4. The second kappa shape index (κ2) is 13.8. The van der Waals surface area contributed by atoms with Gasteiger partial charge in [-0.1, -0.05) is 35.9 Å². The third-order valence-electron chi connectivity index (χ3n) is 9.93. The third kappa shape index (κ3) is 7.15. The van der Waals surface area contributed by atoms with Gasteiger partial charge in [-0.05, 0) is 61.4 Å². The van der Waals surface area contributed by atoms with E-state index in [9.17, 15) is 14.4 Å². The zero-order valence-corrected chi connectivity index (χ0v) is 26.8. The van der Waals surface area contributed by atoms with Crippen molar-refractivity contribution in [3.8, 4) is 0 Å². The van der Waals surface area contributed by atoms with Gasteiger partial charge in [0, 0.05) is 83.1 Å². The lowest BCUT2D eigenvalue weighted by atomic mass is 9.98. The maximum absolute atomic E-state index is 14.0. The lowest BCUT2D eigenvalue weighted by Gasteiger charge is -2.42. The van der Waals surface area contributed by atoms with E-state index in [2.05, 4.69) is 20.9 Å². The average molecular weight is 637 g/mol. The zero-order chi connectivity index (χ0) is 31.5. The molecular weight excluding hydrogens is 592 g/mol. The standard InChI is InChI=1S/C33H45ClN8O3/c1-22-18-23(19-27(34)30(22)35)20-29(31(43)40-12-6-25(7-13-40)39-16-10-36-11-17-39)38-32(44)41-14-8-26(9-15-41)42-21-24-4-2-3-5-28(24)37-33(42)45/h2-5,18-19,25-26,29,36H,6-17,20-21,35H2,1H3,(H,37,45)(H,38,44)/t29-/m1/s1. The molecule has 5 N–H and O–H groups in total. The fourth-order valence-corrected chi connectivity index (χ4v) is 7.53. The number of nitrogens with one attached hydrogen (secondary N) is 3. The number of halogens is 1. The number of benzene rings is 2. The number of aryl methyl sites for hydroxylation is 1. The van der Waals surface area contributed by atoms with Gasteiger partial charge >= 0.3 is 12.1 Å². The van der Waals surface area contributed by atoms with Crippen molar-refractivity contribution in [2.75, 3.05) is 63.4 Å². The van der Waals surface area contributed by atoms with Gasteiger partial charge in [0.05, 0.1) is 10.7 Å². The number of piperazine rings is 1. The van der Waals surface area contributed by atoms with E-state index in [1.54, 1.807) is 11.0 Å². The van der Waals surface area contributed by atoms with Crippen LogP contribution >= 0.6 is 11.6 Å². The molecule has 3 fully saturated rings. The fourth-order valence-electron chi connectivity index (χ4n) is 7.24. The van der Waals surface area contributed by atoms with E-state index in [-0.39, 0.29) is 24.0 Å². The Labute approximate surface area is 270 Å². The van der Waals surface area contributed by atoms with Gasteiger partial charge in [0.2, 0.25) is 5.91 Å². The third-order valence-corrected chi connectivity index (χ3v) is 10.2. The number of amides is 5. The molecule has 45 heavy (non-hydrogen) atoms. The van der Waals surface area contributed by atoms with Crippen molar-refractivity contribution in [3.63, 3.8) is 0 Å². The maximum atomic E-state index is 14.0. The molecule has 0 radical (unpaired) electrons. The van der Waals surface area contributed by atoms with Gasteiger partial charge in [-0.3, -0.25) is 9.69 Å². The number of carbonyl (C=O) groups excluding carboxylic acids is 3. The summed E-state index contributed by atoms with van der Waals surface area (Å²) in [7, 11) is 0. The van der Waals surface area contributed by atoms with Crippen molar-refractivity contribution in [1.29, 1.82) is 0 Å². The van der Waals surface area contributed by atoms with Gasteiger partial charge in [-0.2, -0.15) is 0 Å². The molecular formula is C33H45ClN8O3. The van der Waals surface area contributed by atoms with Gasteiger partial charge < -0.3 is 36.4 Å². The van der Waals surface area contributed by atoms with Crippen molar-refractivity contribution >= 4 is 40.9 Å². The van der Waals surface area contributed by atoms with Crippen LogP contribution in [0.25, 0.3) is 0 Å². The number of hydrogen-bond donors (Lipinski definition) is 4. The van der Waals surface area contributed by atoms with E-state index in [1.807, 2.05) is 47.1 Å². The minimum Gasteiger partial charge on any atom is -0.397 e. The van der Waals surface area contributed by atoms with Crippen molar-refractivity contribution < 1.29 is 14.4 Å². The molecule has 0 unspecified atom stereocenters. The topological polar surface area (TPSA) is 126 Å². The van der Waals surface area contributed by atoms with E-state index in [4.69, 9.17) is 17.3 Å². The van der Waals surface area contributed by atoms with E-state index in [1.165, 1.54) is 0 Å². The molecule has 242 valence electrons. The highest BCUT2D eigenvalue weighted by molar-refractivity contribution is 6.33. The predicted molar refractivity (Wildman–Crippen MR) is 176 cm³/mol. The molecule has 3 saturated heterocycles. The zero-order valence-electron chi connectivity index (χ0n) is 26.1. The van der Waals surface area contributed by atoms with Crippen LogP contribution in [0.3, 0.4) is 0 Å². The molecule has 2 aromatic carbocycles. The summed E-state index contributed by atoms with van der Waals surface area (Å²) in [5, 5.41) is 9.94. The highest BCUT2D eigenvalue weighted by Crippen LogP contribution is 2.28. The van der Waals surface area contributed by atoms with E-state index < -0.39 is 6.04 Å². The molecule has 6 rings (SSSR count). The van der Waals surface area contributed by atoms with Gasteiger partial charge in [0.15, 0.2) is 0 Å². The lowest BCUT2D eigenvalue weighted by Crippen LogP contribution is -2.58. The summed E-state index contributed by atoms with van der Waals surface area (Å²) >= 11 is 6.41. The second-order valence-electron chi connectivity index (χ2n) is 12.8. The number of piperidine rings is 2. The smallest absolute Gasteiger partial charge is 0.322 e. The minimum absolute atomic E-state index is 0.0386. The Hall–Kier alpha value is -3.54. The highest BCUT2D eigenvalue weighted by Gasteiger charge is 2.35. The van der Waals surface area contributed by atoms with Crippen molar-refractivity contribution in [2.45, 2.75) is 63.7 Å². The van der Waals surface area contributed by atoms with Gasteiger partial charge in [0.1, 0.15) is 6.04 Å². The summed E-state index contributed by atoms with van der Waals surface area (Å²) in [4.78, 5) is 48.6.